The van der Waals surface area contributed by atoms with Crippen molar-refractivity contribution in [2.45, 2.75) is 26.4 Å². The summed E-state index contributed by atoms with van der Waals surface area (Å²) < 4.78 is 5.58. The van der Waals surface area contributed by atoms with Crippen molar-refractivity contribution in [3.63, 3.8) is 0 Å². The lowest BCUT2D eigenvalue weighted by Gasteiger charge is -2.21. The van der Waals surface area contributed by atoms with Crippen molar-refractivity contribution in [2.24, 2.45) is 0 Å². The minimum Gasteiger partial charge on any atom is -0.488 e. The normalized spacial score (nSPS) is 11.3. The Morgan fingerprint density at radius 2 is 2.08 bits per heavy atom. The molecule has 0 saturated carbocycles. The second kappa shape index (κ2) is 3.36. The Hall–Kier alpha value is -0.690. The van der Waals surface area contributed by atoms with Gasteiger partial charge < -0.3 is 4.74 Å². The molecule has 0 unspecified atom stereocenters. The molecule has 0 aliphatic heterocycles. The molecule has 0 fully saturated rings. The van der Waals surface area contributed by atoms with E-state index >= 15 is 0 Å². The molecule has 1 rings (SSSR count). The lowest BCUT2D eigenvalue weighted by Crippen LogP contribution is -2.22. The number of hydrogen-bond acceptors (Lipinski definition) is 1. The minimum atomic E-state index is -0.176. The van der Waals surface area contributed by atoms with Crippen LogP contribution in [0.2, 0.25) is 5.02 Å². The fraction of sp³-hybridized carbons (Fsp3) is 0.400. The monoisotopic (exact) mass is 183 g/mol. The quantitative estimate of drug-likeness (QED) is 0.649. The van der Waals surface area contributed by atoms with Gasteiger partial charge in [0.1, 0.15) is 11.4 Å². The van der Waals surface area contributed by atoms with Crippen LogP contribution in [0.5, 0.6) is 5.75 Å². The molecule has 0 spiro atoms. The van der Waals surface area contributed by atoms with Crippen molar-refractivity contribution in [1.29, 1.82) is 0 Å². The summed E-state index contributed by atoms with van der Waals surface area (Å²) in [5, 5.41) is 0.580. The van der Waals surface area contributed by atoms with Gasteiger partial charge in [-0.2, -0.15) is 0 Å². The molecule has 1 radical (unpaired) electrons. The van der Waals surface area contributed by atoms with Crippen LogP contribution in [0.25, 0.3) is 0 Å². The van der Waals surface area contributed by atoms with Gasteiger partial charge >= 0.3 is 0 Å². The Kier molecular flexibility index (Phi) is 2.63. The molecule has 1 aromatic rings. The molecule has 1 nitrogen and oxygen atoms in total. The van der Waals surface area contributed by atoms with Gasteiger partial charge in [-0.05, 0) is 39.0 Å². The maximum atomic E-state index is 5.74. The van der Waals surface area contributed by atoms with E-state index in [-0.39, 0.29) is 5.60 Å². The van der Waals surface area contributed by atoms with Crippen molar-refractivity contribution in [2.75, 3.05) is 0 Å². The fourth-order valence-corrected chi connectivity index (χ4v) is 1.01. The van der Waals surface area contributed by atoms with E-state index in [1.165, 1.54) is 0 Å². The minimum absolute atomic E-state index is 0.176. The Morgan fingerprint density at radius 3 is 2.58 bits per heavy atom. The largest absolute Gasteiger partial charge is 0.488 e. The van der Waals surface area contributed by atoms with Crippen LogP contribution in [0.4, 0.5) is 0 Å². The average Bonchev–Trinajstić information content (AvgIpc) is 1.82. The predicted octanol–water partition coefficient (Wildman–Crippen LogP) is 3.32. The van der Waals surface area contributed by atoms with Crippen LogP contribution in [0.15, 0.2) is 18.2 Å². The number of ether oxygens (including phenoxy) is 1. The van der Waals surface area contributed by atoms with Crippen molar-refractivity contribution < 1.29 is 4.74 Å². The molecule has 0 bridgehead atoms. The second-order valence-corrected chi connectivity index (χ2v) is 3.99. The summed E-state index contributed by atoms with van der Waals surface area (Å²) in [6.07, 6.45) is 0. The molecule has 65 valence electrons. The SMILES string of the molecule is CC(C)(C)Oc1cc[c]c(Cl)c1. The zero-order valence-corrected chi connectivity index (χ0v) is 8.27. The van der Waals surface area contributed by atoms with Crippen LogP contribution in [0.1, 0.15) is 20.8 Å². The zero-order valence-electron chi connectivity index (χ0n) is 7.52. The third kappa shape index (κ3) is 3.14. The standard InChI is InChI=1S/C10H12ClO/c1-10(2,3)12-9-6-4-5-8(11)7-9/h4,6-7H,1-3H3. The maximum absolute atomic E-state index is 5.74. The molecule has 0 saturated heterocycles. The zero-order chi connectivity index (χ0) is 9.19. The molecular weight excluding hydrogens is 172 g/mol. The lowest BCUT2D eigenvalue weighted by molar-refractivity contribution is 0.131. The third-order valence-corrected chi connectivity index (χ3v) is 1.38. The summed E-state index contributed by atoms with van der Waals surface area (Å²) in [7, 11) is 0. The van der Waals surface area contributed by atoms with E-state index in [2.05, 4.69) is 6.07 Å². The van der Waals surface area contributed by atoms with E-state index < -0.39 is 0 Å². The number of hydrogen-bond donors (Lipinski definition) is 0. The van der Waals surface area contributed by atoms with Gasteiger partial charge in [-0.3, -0.25) is 0 Å². The molecule has 2 heteroatoms. The first kappa shape index (κ1) is 9.40. The van der Waals surface area contributed by atoms with Gasteiger partial charge in [0.2, 0.25) is 0 Å². The molecular formula is C10H12ClO. The topological polar surface area (TPSA) is 9.23 Å². The van der Waals surface area contributed by atoms with Gasteiger partial charge in [0.15, 0.2) is 0 Å². The third-order valence-electron chi connectivity index (χ3n) is 1.16. The van der Waals surface area contributed by atoms with Crippen LogP contribution in [-0.2, 0) is 0 Å². The highest BCUT2D eigenvalue weighted by Gasteiger charge is 2.11. The van der Waals surface area contributed by atoms with E-state index in [1.807, 2.05) is 26.8 Å². The Balaban J connectivity index is 2.77. The van der Waals surface area contributed by atoms with Gasteiger partial charge in [-0.1, -0.05) is 11.6 Å². The maximum Gasteiger partial charge on any atom is 0.121 e. The molecule has 0 aliphatic carbocycles. The Bertz CT molecular complexity index is 263. The van der Waals surface area contributed by atoms with E-state index in [1.54, 1.807) is 12.1 Å². The van der Waals surface area contributed by atoms with Gasteiger partial charge in [0.25, 0.3) is 0 Å². The predicted molar refractivity (Wildman–Crippen MR) is 50.7 cm³/mol. The molecule has 0 atom stereocenters. The van der Waals surface area contributed by atoms with Crippen LogP contribution >= 0.6 is 11.6 Å². The summed E-state index contributed by atoms with van der Waals surface area (Å²) in [5.74, 6) is 0.784. The summed E-state index contributed by atoms with van der Waals surface area (Å²) in [4.78, 5) is 0. The first-order valence-electron chi connectivity index (χ1n) is 3.84. The van der Waals surface area contributed by atoms with Gasteiger partial charge in [0, 0.05) is 6.07 Å². The first-order valence-corrected chi connectivity index (χ1v) is 4.21. The van der Waals surface area contributed by atoms with E-state index in [4.69, 9.17) is 16.3 Å². The molecule has 0 aliphatic rings. The van der Waals surface area contributed by atoms with E-state index in [0.29, 0.717) is 5.02 Å². The smallest absolute Gasteiger partial charge is 0.121 e. The number of halogens is 1. The Morgan fingerprint density at radius 1 is 1.42 bits per heavy atom. The highest BCUT2D eigenvalue weighted by molar-refractivity contribution is 6.30. The van der Waals surface area contributed by atoms with Gasteiger partial charge in [-0.25, -0.2) is 0 Å². The highest BCUT2D eigenvalue weighted by atomic mass is 35.5. The molecule has 0 heterocycles. The first-order chi connectivity index (χ1) is 5.47. The molecule has 1 aromatic carbocycles. The molecule has 0 N–H and O–H groups in total. The second-order valence-electron chi connectivity index (χ2n) is 3.59. The van der Waals surface area contributed by atoms with Crippen molar-refractivity contribution in [1.82, 2.24) is 0 Å². The van der Waals surface area contributed by atoms with Crippen molar-refractivity contribution in [3.8, 4) is 5.75 Å². The van der Waals surface area contributed by atoms with Gasteiger partial charge in [0.05, 0.1) is 5.02 Å². The summed E-state index contributed by atoms with van der Waals surface area (Å²) in [6.45, 7) is 5.99. The fourth-order valence-electron chi connectivity index (χ4n) is 0.835. The van der Waals surface area contributed by atoms with Crippen molar-refractivity contribution >= 4 is 11.6 Å². The summed E-state index contributed by atoms with van der Waals surface area (Å²) >= 11 is 5.74. The average molecular weight is 184 g/mol. The number of benzene rings is 1. The lowest BCUT2D eigenvalue weighted by atomic mass is 10.2. The Labute approximate surface area is 78.3 Å². The molecule has 12 heavy (non-hydrogen) atoms. The van der Waals surface area contributed by atoms with Crippen LogP contribution in [0.3, 0.4) is 0 Å². The summed E-state index contributed by atoms with van der Waals surface area (Å²) in [6, 6.07) is 8.20. The van der Waals surface area contributed by atoms with Crippen LogP contribution in [-0.4, -0.2) is 5.60 Å². The van der Waals surface area contributed by atoms with Crippen molar-refractivity contribution in [3.05, 3.63) is 29.3 Å². The highest BCUT2D eigenvalue weighted by Crippen LogP contribution is 2.20. The summed E-state index contributed by atoms with van der Waals surface area (Å²) in [5.41, 5.74) is -0.176. The molecule has 0 aromatic heterocycles. The van der Waals surface area contributed by atoms with Gasteiger partial charge in [-0.15, -0.1) is 0 Å². The van der Waals surface area contributed by atoms with Crippen LogP contribution < -0.4 is 4.74 Å². The number of rotatable bonds is 1. The van der Waals surface area contributed by atoms with E-state index in [9.17, 15) is 0 Å². The van der Waals surface area contributed by atoms with Crippen LogP contribution in [0, 0.1) is 6.07 Å². The van der Waals surface area contributed by atoms with E-state index in [0.717, 1.165) is 5.75 Å². The molecule has 0 amide bonds.